The molecule has 1 fully saturated rings. The lowest BCUT2D eigenvalue weighted by Crippen LogP contribution is -2.35. The number of halogens is 3. The standard InChI is InChI=1S/C28H28F3N3O2/c1-19-13-15-34(16-14-19)25-12-11-23(17-24(25)27(36)32-18-20-5-3-2-4-6-20)33-26(35)21-7-9-22(10-8-21)28(29,30)31/h2-12,17,19H,13-16,18H2,1H3,(H,32,36)(H,33,35). The molecule has 1 aliphatic rings. The summed E-state index contributed by atoms with van der Waals surface area (Å²) >= 11 is 0. The van der Waals surface area contributed by atoms with Gasteiger partial charge < -0.3 is 15.5 Å². The van der Waals surface area contributed by atoms with Crippen LogP contribution in [0.15, 0.2) is 72.8 Å². The smallest absolute Gasteiger partial charge is 0.371 e. The molecule has 0 aromatic heterocycles. The molecule has 188 valence electrons. The molecular formula is C28H28F3N3O2. The number of nitrogens with zero attached hydrogens (tertiary/aromatic N) is 1. The van der Waals surface area contributed by atoms with Crippen LogP contribution in [0.3, 0.4) is 0 Å². The maximum Gasteiger partial charge on any atom is 0.416 e. The van der Waals surface area contributed by atoms with Crippen molar-refractivity contribution < 1.29 is 22.8 Å². The summed E-state index contributed by atoms with van der Waals surface area (Å²) in [6, 6.07) is 18.7. The van der Waals surface area contributed by atoms with E-state index in [2.05, 4.69) is 22.5 Å². The van der Waals surface area contributed by atoms with Crippen molar-refractivity contribution in [3.8, 4) is 0 Å². The number of carbonyl (C=O) groups excluding carboxylic acids is 2. The summed E-state index contributed by atoms with van der Waals surface area (Å²) in [5, 5.41) is 5.66. The molecule has 3 aromatic carbocycles. The SMILES string of the molecule is CC1CCN(c2ccc(NC(=O)c3ccc(C(F)(F)F)cc3)cc2C(=O)NCc2ccccc2)CC1. The van der Waals surface area contributed by atoms with E-state index in [9.17, 15) is 22.8 Å². The van der Waals surface area contributed by atoms with Gasteiger partial charge in [0.05, 0.1) is 11.1 Å². The lowest BCUT2D eigenvalue weighted by Gasteiger charge is -2.33. The molecule has 0 bridgehead atoms. The molecule has 5 nitrogen and oxygen atoms in total. The van der Waals surface area contributed by atoms with Crippen LogP contribution in [-0.4, -0.2) is 24.9 Å². The molecule has 0 radical (unpaired) electrons. The van der Waals surface area contributed by atoms with Crippen LogP contribution in [0, 0.1) is 5.92 Å². The summed E-state index contributed by atoms with van der Waals surface area (Å²) in [6.07, 6.45) is -2.42. The Balaban J connectivity index is 1.55. The predicted molar refractivity (Wildman–Crippen MR) is 134 cm³/mol. The minimum atomic E-state index is -4.47. The summed E-state index contributed by atoms with van der Waals surface area (Å²) < 4.78 is 38.5. The number of nitrogens with one attached hydrogen (secondary N) is 2. The normalized spacial score (nSPS) is 14.4. The van der Waals surface area contributed by atoms with Gasteiger partial charge in [-0.2, -0.15) is 13.2 Å². The number of hydrogen-bond acceptors (Lipinski definition) is 3. The summed E-state index contributed by atoms with van der Waals surface area (Å²) in [6.45, 7) is 4.23. The van der Waals surface area contributed by atoms with Gasteiger partial charge in [0.2, 0.25) is 0 Å². The lowest BCUT2D eigenvalue weighted by atomic mass is 9.97. The number of piperidine rings is 1. The highest BCUT2D eigenvalue weighted by Crippen LogP contribution is 2.30. The average Bonchev–Trinajstić information content (AvgIpc) is 2.88. The van der Waals surface area contributed by atoms with Gasteiger partial charge in [0, 0.05) is 36.6 Å². The van der Waals surface area contributed by atoms with Crippen LogP contribution in [0.4, 0.5) is 24.5 Å². The van der Waals surface area contributed by atoms with E-state index in [1.165, 1.54) is 0 Å². The zero-order valence-corrected chi connectivity index (χ0v) is 19.9. The van der Waals surface area contributed by atoms with Crippen LogP contribution in [0.25, 0.3) is 0 Å². The van der Waals surface area contributed by atoms with Crippen LogP contribution in [-0.2, 0) is 12.7 Å². The number of alkyl halides is 3. The molecule has 0 saturated carbocycles. The molecule has 1 saturated heterocycles. The highest BCUT2D eigenvalue weighted by Gasteiger charge is 2.30. The van der Waals surface area contributed by atoms with Gasteiger partial charge in [-0.3, -0.25) is 9.59 Å². The van der Waals surface area contributed by atoms with Gasteiger partial charge in [0.25, 0.3) is 11.8 Å². The zero-order chi connectivity index (χ0) is 25.7. The van der Waals surface area contributed by atoms with Crippen LogP contribution in [0.5, 0.6) is 0 Å². The molecule has 36 heavy (non-hydrogen) atoms. The van der Waals surface area contributed by atoms with Gasteiger partial charge in [-0.15, -0.1) is 0 Å². The van der Waals surface area contributed by atoms with E-state index in [1.807, 2.05) is 36.4 Å². The van der Waals surface area contributed by atoms with Crippen molar-refractivity contribution >= 4 is 23.2 Å². The third kappa shape index (κ3) is 6.24. The fraction of sp³-hybridized carbons (Fsp3) is 0.286. The first-order valence-electron chi connectivity index (χ1n) is 11.9. The van der Waals surface area contributed by atoms with Gasteiger partial charge in [0.1, 0.15) is 0 Å². The van der Waals surface area contributed by atoms with Gasteiger partial charge >= 0.3 is 6.18 Å². The van der Waals surface area contributed by atoms with E-state index in [1.54, 1.807) is 12.1 Å². The van der Waals surface area contributed by atoms with E-state index in [4.69, 9.17) is 0 Å². The summed E-state index contributed by atoms with van der Waals surface area (Å²) in [7, 11) is 0. The van der Waals surface area contributed by atoms with Crippen LogP contribution >= 0.6 is 0 Å². The van der Waals surface area contributed by atoms with Crippen LogP contribution < -0.4 is 15.5 Å². The topological polar surface area (TPSA) is 61.4 Å². The quantitative estimate of drug-likeness (QED) is 0.433. The second-order valence-corrected chi connectivity index (χ2v) is 9.10. The Hall–Kier alpha value is -3.81. The lowest BCUT2D eigenvalue weighted by molar-refractivity contribution is -0.137. The first-order chi connectivity index (χ1) is 17.2. The van der Waals surface area contributed by atoms with Crippen molar-refractivity contribution in [2.45, 2.75) is 32.5 Å². The maximum atomic E-state index is 13.2. The van der Waals surface area contributed by atoms with E-state index in [-0.39, 0.29) is 11.5 Å². The molecule has 1 heterocycles. The van der Waals surface area contributed by atoms with Gasteiger partial charge in [-0.1, -0.05) is 37.3 Å². The van der Waals surface area contributed by atoms with Crippen LogP contribution in [0.2, 0.25) is 0 Å². The third-order valence-electron chi connectivity index (χ3n) is 6.39. The molecule has 3 aromatic rings. The molecule has 1 aliphatic heterocycles. The van der Waals surface area contributed by atoms with Crippen molar-refractivity contribution in [1.82, 2.24) is 5.32 Å². The Morgan fingerprint density at radius 2 is 1.58 bits per heavy atom. The van der Waals surface area contributed by atoms with Gasteiger partial charge in [-0.05, 0) is 66.8 Å². The van der Waals surface area contributed by atoms with Crippen molar-refractivity contribution in [2.75, 3.05) is 23.3 Å². The van der Waals surface area contributed by atoms with E-state index in [0.29, 0.717) is 23.7 Å². The third-order valence-corrected chi connectivity index (χ3v) is 6.39. The summed E-state index contributed by atoms with van der Waals surface area (Å²) in [5.74, 6) is -0.198. The molecule has 8 heteroatoms. The first kappa shape index (κ1) is 25.3. The molecule has 2 amide bonds. The highest BCUT2D eigenvalue weighted by atomic mass is 19.4. The largest absolute Gasteiger partial charge is 0.416 e. The van der Waals surface area contributed by atoms with Crippen LogP contribution in [0.1, 0.15) is 51.6 Å². The van der Waals surface area contributed by atoms with E-state index >= 15 is 0 Å². The molecule has 0 atom stereocenters. The molecule has 0 aliphatic carbocycles. The second kappa shape index (κ2) is 10.8. The first-order valence-corrected chi connectivity index (χ1v) is 11.9. The summed E-state index contributed by atoms with van der Waals surface area (Å²) in [4.78, 5) is 28.1. The molecular weight excluding hydrogens is 467 g/mol. The monoisotopic (exact) mass is 495 g/mol. The van der Waals surface area contributed by atoms with Crippen molar-refractivity contribution in [3.63, 3.8) is 0 Å². The average molecular weight is 496 g/mol. The molecule has 0 spiro atoms. The Bertz CT molecular complexity index is 1200. The number of hydrogen-bond donors (Lipinski definition) is 2. The van der Waals surface area contributed by atoms with E-state index < -0.39 is 17.6 Å². The summed E-state index contributed by atoms with van der Waals surface area (Å²) in [5.41, 5.74) is 1.85. The number of benzene rings is 3. The minimum absolute atomic E-state index is 0.0900. The Labute approximate surface area is 208 Å². The minimum Gasteiger partial charge on any atom is -0.371 e. The van der Waals surface area contributed by atoms with Gasteiger partial charge in [-0.25, -0.2) is 0 Å². The van der Waals surface area contributed by atoms with Crippen molar-refractivity contribution in [1.29, 1.82) is 0 Å². The van der Waals surface area contributed by atoms with Gasteiger partial charge in [0.15, 0.2) is 0 Å². The number of carbonyl (C=O) groups is 2. The highest BCUT2D eigenvalue weighted by molar-refractivity contribution is 6.06. The fourth-order valence-electron chi connectivity index (χ4n) is 4.21. The number of anilines is 2. The molecule has 4 rings (SSSR count). The second-order valence-electron chi connectivity index (χ2n) is 9.10. The molecule has 0 unspecified atom stereocenters. The fourth-order valence-corrected chi connectivity index (χ4v) is 4.21. The Morgan fingerprint density at radius 1 is 0.917 bits per heavy atom. The van der Waals surface area contributed by atoms with E-state index in [0.717, 1.165) is 61.4 Å². The Morgan fingerprint density at radius 3 is 2.22 bits per heavy atom. The maximum absolute atomic E-state index is 13.2. The number of amides is 2. The Kier molecular flexibility index (Phi) is 7.62. The number of rotatable bonds is 6. The van der Waals surface area contributed by atoms with Crippen molar-refractivity contribution in [2.24, 2.45) is 5.92 Å². The zero-order valence-electron chi connectivity index (χ0n) is 19.9. The molecule has 2 N–H and O–H groups in total. The predicted octanol–water partition coefficient (Wildman–Crippen LogP) is 6.12. The van der Waals surface area contributed by atoms with Crippen molar-refractivity contribution in [3.05, 3.63) is 95.1 Å².